The second kappa shape index (κ2) is 11.2. The minimum atomic E-state index is -1.78. The van der Waals surface area contributed by atoms with Crippen molar-refractivity contribution < 1.29 is 4.79 Å². The van der Waals surface area contributed by atoms with E-state index in [-0.39, 0.29) is 12.3 Å². The Hall–Kier alpha value is -2.32. The normalized spacial score (nSPS) is 15.3. The number of aryl methyl sites for hydroxylation is 1. The molecule has 1 aliphatic heterocycles. The van der Waals surface area contributed by atoms with Gasteiger partial charge in [-0.15, -0.1) is 0 Å². The van der Waals surface area contributed by atoms with Gasteiger partial charge in [0.2, 0.25) is 9.70 Å². The lowest BCUT2D eigenvalue weighted by Gasteiger charge is -2.44. The predicted molar refractivity (Wildman–Crippen MR) is 150 cm³/mol. The Bertz CT molecular complexity index is 1200. The number of amides is 1. The van der Waals surface area contributed by atoms with Crippen molar-refractivity contribution in [2.24, 2.45) is 0 Å². The summed E-state index contributed by atoms with van der Waals surface area (Å²) in [6.45, 7) is 1.26. The molecule has 6 nitrogen and oxygen atoms in total. The molecule has 0 spiro atoms. The molecule has 1 saturated heterocycles. The van der Waals surface area contributed by atoms with Gasteiger partial charge < -0.3 is 20.4 Å². The molecule has 1 atom stereocenters. The van der Waals surface area contributed by atoms with E-state index in [9.17, 15) is 4.79 Å². The molecule has 2 N–H and O–H groups in total. The van der Waals surface area contributed by atoms with Gasteiger partial charge >= 0.3 is 0 Å². The Morgan fingerprint density at radius 2 is 1.86 bits per heavy atom. The molecule has 10 heteroatoms. The number of anilines is 2. The lowest BCUT2D eigenvalue weighted by atomic mass is 10.1. The summed E-state index contributed by atoms with van der Waals surface area (Å²) in [4.78, 5) is 21.2. The molecule has 1 fully saturated rings. The number of carbonyl (C=O) groups is 1. The van der Waals surface area contributed by atoms with Gasteiger partial charge in [-0.25, -0.2) is 0 Å². The lowest BCUT2D eigenvalue weighted by molar-refractivity contribution is -0.122. The van der Waals surface area contributed by atoms with E-state index in [2.05, 4.69) is 15.6 Å². The third-order valence-electron chi connectivity index (χ3n) is 5.96. The Morgan fingerprint density at radius 1 is 1.11 bits per heavy atom. The molecule has 0 bridgehead atoms. The van der Waals surface area contributed by atoms with E-state index >= 15 is 0 Å². The Labute approximate surface area is 225 Å². The number of carbonyl (C=O) groups excluding carboxylic acids is 1. The Kier molecular flexibility index (Phi) is 8.22. The third-order valence-corrected chi connectivity index (χ3v) is 7.04. The van der Waals surface area contributed by atoms with Crippen molar-refractivity contribution in [1.82, 2.24) is 15.2 Å². The molecule has 4 rings (SSSR count). The van der Waals surface area contributed by atoms with E-state index in [1.165, 1.54) is 0 Å². The van der Waals surface area contributed by atoms with Crippen LogP contribution in [0.2, 0.25) is 0 Å². The molecule has 3 aromatic rings. The van der Waals surface area contributed by atoms with E-state index in [4.69, 9.17) is 47.0 Å². The summed E-state index contributed by atoms with van der Waals surface area (Å²) in [7, 11) is 1.86. The van der Waals surface area contributed by atoms with Crippen LogP contribution in [0.15, 0.2) is 60.8 Å². The number of pyridine rings is 1. The fraction of sp³-hybridized carbons (Fsp3) is 0.320. The second-order valence-electron chi connectivity index (χ2n) is 8.29. The molecule has 2 heterocycles. The van der Waals surface area contributed by atoms with Gasteiger partial charge in [-0.3, -0.25) is 9.78 Å². The Morgan fingerprint density at radius 3 is 2.57 bits per heavy atom. The van der Waals surface area contributed by atoms with Gasteiger partial charge in [0.25, 0.3) is 0 Å². The highest BCUT2D eigenvalue weighted by Crippen LogP contribution is 2.35. The van der Waals surface area contributed by atoms with Crippen LogP contribution in [0.1, 0.15) is 18.4 Å². The number of halogens is 3. The van der Waals surface area contributed by atoms with E-state index in [0.717, 1.165) is 34.3 Å². The number of alkyl halides is 3. The number of hydrogen-bond acceptors (Lipinski definition) is 4. The molecule has 1 aromatic heterocycles. The zero-order chi connectivity index (χ0) is 25.0. The van der Waals surface area contributed by atoms with Gasteiger partial charge in [-0.2, -0.15) is 0 Å². The van der Waals surface area contributed by atoms with Crippen molar-refractivity contribution in [2.45, 2.75) is 29.2 Å². The van der Waals surface area contributed by atoms with Gasteiger partial charge in [-0.1, -0.05) is 65.1 Å². The standard InChI is InChI=1S/C25H26Cl3N5OS/c1-29-19-11-8-17(9-12-19)10-13-21(34)31-23(25(26,27)28)33-16-4-15-32(24(33)35)20-7-2-5-18-6-3-14-30-22(18)20/h2-3,5-9,11-12,14,23,29H,4,10,13,15-16H2,1H3,(H,31,34). The molecule has 2 aromatic carbocycles. The molecule has 35 heavy (non-hydrogen) atoms. The smallest absolute Gasteiger partial charge is 0.228 e. The van der Waals surface area contributed by atoms with E-state index in [1.54, 1.807) is 11.1 Å². The molecule has 1 aliphatic rings. The third kappa shape index (κ3) is 6.09. The topological polar surface area (TPSA) is 60.5 Å². The van der Waals surface area contributed by atoms with Gasteiger partial charge in [0.1, 0.15) is 0 Å². The largest absolute Gasteiger partial charge is 0.388 e. The molecular weight excluding hydrogens is 525 g/mol. The minimum absolute atomic E-state index is 0.217. The second-order valence-corrected chi connectivity index (χ2v) is 11.0. The fourth-order valence-corrected chi connectivity index (χ4v) is 5.07. The van der Waals surface area contributed by atoms with Crippen LogP contribution in [0.4, 0.5) is 11.4 Å². The number of hydrogen-bond donors (Lipinski definition) is 2. The lowest BCUT2D eigenvalue weighted by Crippen LogP contribution is -2.62. The summed E-state index contributed by atoms with van der Waals surface area (Å²) in [5, 5.41) is 7.48. The number of para-hydroxylation sites is 1. The van der Waals surface area contributed by atoms with E-state index < -0.39 is 9.96 Å². The maximum absolute atomic E-state index is 12.9. The van der Waals surface area contributed by atoms with Crippen molar-refractivity contribution in [3.63, 3.8) is 0 Å². The number of nitrogens with one attached hydrogen (secondary N) is 2. The molecular formula is C25H26Cl3N5OS. The van der Waals surface area contributed by atoms with Crippen LogP contribution >= 0.6 is 47.0 Å². The highest BCUT2D eigenvalue weighted by atomic mass is 35.6. The first-order valence-corrected chi connectivity index (χ1v) is 12.9. The summed E-state index contributed by atoms with van der Waals surface area (Å²) >= 11 is 24.9. The number of benzene rings is 2. The summed E-state index contributed by atoms with van der Waals surface area (Å²) in [5.41, 5.74) is 3.79. The van der Waals surface area contributed by atoms with E-state index in [1.807, 2.05) is 66.5 Å². The van der Waals surface area contributed by atoms with Crippen LogP contribution in [-0.2, 0) is 11.2 Å². The van der Waals surface area contributed by atoms with E-state index in [0.29, 0.717) is 24.6 Å². The van der Waals surface area contributed by atoms with Crippen LogP contribution in [0.3, 0.4) is 0 Å². The van der Waals surface area contributed by atoms with Crippen LogP contribution in [-0.4, -0.2) is 51.0 Å². The zero-order valence-electron chi connectivity index (χ0n) is 19.2. The number of thiocarbonyl (C=S) groups is 1. The van der Waals surface area contributed by atoms with Crippen molar-refractivity contribution in [3.8, 4) is 0 Å². The average Bonchev–Trinajstić information content (AvgIpc) is 2.86. The zero-order valence-corrected chi connectivity index (χ0v) is 22.3. The number of nitrogens with zero attached hydrogens (tertiary/aromatic N) is 3. The molecule has 184 valence electrons. The first-order valence-electron chi connectivity index (χ1n) is 11.3. The summed E-state index contributed by atoms with van der Waals surface area (Å²) in [6, 6.07) is 17.8. The summed E-state index contributed by atoms with van der Waals surface area (Å²) in [5.74, 6) is -0.217. The SMILES string of the molecule is CNc1ccc(CCC(=O)NC(N2CCCN(c3cccc4cccnc34)C2=S)C(Cl)(Cl)Cl)cc1. The number of rotatable bonds is 7. The van der Waals surface area contributed by atoms with Crippen molar-refractivity contribution >= 4 is 80.3 Å². The molecule has 0 radical (unpaired) electrons. The van der Waals surface area contributed by atoms with Gasteiger partial charge in [0.05, 0.1) is 11.2 Å². The van der Waals surface area contributed by atoms with Crippen molar-refractivity contribution in [2.75, 3.05) is 30.4 Å². The van der Waals surface area contributed by atoms with Gasteiger partial charge in [0.15, 0.2) is 11.3 Å². The first kappa shape index (κ1) is 25.8. The summed E-state index contributed by atoms with van der Waals surface area (Å²) in [6.07, 6.45) is 2.44. The highest BCUT2D eigenvalue weighted by molar-refractivity contribution is 7.80. The van der Waals surface area contributed by atoms with Crippen molar-refractivity contribution in [1.29, 1.82) is 0 Å². The molecule has 0 aliphatic carbocycles. The quantitative estimate of drug-likeness (QED) is 0.298. The average molecular weight is 551 g/mol. The monoisotopic (exact) mass is 549 g/mol. The molecule has 1 amide bonds. The van der Waals surface area contributed by atoms with Crippen LogP contribution < -0.4 is 15.5 Å². The minimum Gasteiger partial charge on any atom is -0.388 e. The first-order chi connectivity index (χ1) is 16.8. The van der Waals surface area contributed by atoms with Gasteiger partial charge in [-0.05, 0) is 54.9 Å². The number of fused-ring (bicyclic) bond motifs is 1. The number of aromatic nitrogens is 1. The molecule has 1 unspecified atom stereocenters. The van der Waals surface area contributed by atoms with Crippen LogP contribution in [0.5, 0.6) is 0 Å². The van der Waals surface area contributed by atoms with Crippen LogP contribution in [0.25, 0.3) is 10.9 Å². The van der Waals surface area contributed by atoms with Crippen molar-refractivity contribution in [3.05, 3.63) is 66.4 Å². The maximum atomic E-state index is 12.9. The fourth-order valence-electron chi connectivity index (χ4n) is 4.17. The van der Waals surface area contributed by atoms with Gasteiger partial charge in [0, 0.05) is 43.8 Å². The van der Waals surface area contributed by atoms with Crippen LogP contribution in [0, 0.1) is 0 Å². The highest BCUT2D eigenvalue weighted by Gasteiger charge is 2.42. The summed E-state index contributed by atoms with van der Waals surface area (Å²) < 4.78 is -1.78. The maximum Gasteiger partial charge on any atom is 0.228 e. The Balaban J connectivity index is 1.50. The predicted octanol–water partition coefficient (Wildman–Crippen LogP) is 5.52. The molecule has 0 saturated carbocycles.